The molecule has 1 aliphatic heterocycles. The van der Waals surface area contributed by atoms with Gasteiger partial charge < -0.3 is 16.4 Å². The van der Waals surface area contributed by atoms with Gasteiger partial charge >= 0.3 is 0 Å². The van der Waals surface area contributed by atoms with Gasteiger partial charge in [0.15, 0.2) is 0 Å². The Balaban J connectivity index is 0.00000161. The number of halogens is 1. The molecule has 1 aromatic carbocycles. The summed E-state index contributed by atoms with van der Waals surface area (Å²) in [5.41, 5.74) is 7.71. The van der Waals surface area contributed by atoms with Crippen molar-refractivity contribution in [2.75, 3.05) is 11.9 Å². The number of fused-ring (bicyclic) bond motifs is 1. The molecule has 0 radical (unpaired) electrons. The Hall–Kier alpha value is -2.18. The normalized spacial score (nSPS) is 19.4. The molecule has 6 nitrogen and oxygen atoms in total. The summed E-state index contributed by atoms with van der Waals surface area (Å²) >= 11 is 0. The molecule has 1 aliphatic rings. The number of aromatic nitrogens is 2. The number of nitrogens with zero attached hydrogens (tertiary/aromatic N) is 2. The minimum absolute atomic E-state index is 0. The first kappa shape index (κ1) is 15.2. The Labute approximate surface area is 128 Å². The van der Waals surface area contributed by atoms with Crippen LogP contribution in [0.25, 0.3) is 0 Å². The first-order valence-corrected chi connectivity index (χ1v) is 6.32. The van der Waals surface area contributed by atoms with Crippen molar-refractivity contribution in [1.82, 2.24) is 15.3 Å². The monoisotopic (exact) mass is 305 g/mol. The molecule has 0 bridgehead atoms. The molecule has 0 aliphatic carbocycles. The van der Waals surface area contributed by atoms with Crippen LogP contribution in [0.3, 0.4) is 0 Å². The average molecular weight is 306 g/mol. The molecule has 0 fully saturated rings. The van der Waals surface area contributed by atoms with E-state index in [1.165, 1.54) is 6.33 Å². The third kappa shape index (κ3) is 2.68. The molecule has 110 valence electrons. The fourth-order valence-corrected chi connectivity index (χ4v) is 2.34. The first-order valence-electron chi connectivity index (χ1n) is 6.32. The van der Waals surface area contributed by atoms with Gasteiger partial charge in [0, 0.05) is 24.0 Å². The molecule has 4 N–H and O–H groups in total. The predicted octanol–water partition coefficient (Wildman–Crippen LogP) is 1.56. The Morgan fingerprint density at radius 2 is 2.19 bits per heavy atom. The molecule has 2 heterocycles. The van der Waals surface area contributed by atoms with Crippen LogP contribution in [0.4, 0.5) is 11.5 Å². The number of carbonyl (C=O) groups excluding carboxylic acids is 1. The SMILES string of the molecule is CC1(CN)NC(=O)c2ccc(Nc3ccncn3)cc21.Cl. The third-order valence-corrected chi connectivity index (χ3v) is 3.51. The lowest BCUT2D eigenvalue weighted by atomic mass is 9.92. The zero-order chi connectivity index (χ0) is 14.2. The number of hydrogen-bond donors (Lipinski definition) is 3. The van der Waals surface area contributed by atoms with E-state index in [0.717, 1.165) is 11.3 Å². The molecule has 0 spiro atoms. The minimum Gasteiger partial charge on any atom is -0.341 e. The number of carbonyl (C=O) groups is 1. The summed E-state index contributed by atoms with van der Waals surface area (Å²) in [4.78, 5) is 19.9. The highest BCUT2D eigenvalue weighted by Gasteiger charge is 2.37. The average Bonchev–Trinajstić information content (AvgIpc) is 2.72. The molecule has 2 aromatic rings. The van der Waals surface area contributed by atoms with E-state index in [0.29, 0.717) is 17.9 Å². The number of hydrogen-bond acceptors (Lipinski definition) is 5. The number of benzene rings is 1. The van der Waals surface area contributed by atoms with E-state index in [1.807, 2.05) is 19.1 Å². The Morgan fingerprint density at radius 3 is 2.86 bits per heavy atom. The van der Waals surface area contributed by atoms with Crippen LogP contribution in [0.5, 0.6) is 0 Å². The van der Waals surface area contributed by atoms with Crippen LogP contribution >= 0.6 is 12.4 Å². The molecule has 3 rings (SSSR count). The van der Waals surface area contributed by atoms with E-state index < -0.39 is 5.54 Å². The summed E-state index contributed by atoms with van der Waals surface area (Å²) < 4.78 is 0. The highest BCUT2D eigenvalue weighted by atomic mass is 35.5. The maximum atomic E-state index is 11.9. The molecule has 0 saturated heterocycles. The van der Waals surface area contributed by atoms with Crippen LogP contribution in [-0.2, 0) is 5.54 Å². The third-order valence-electron chi connectivity index (χ3n) is 3.51. The van der Waals surface area contributed by atoms with Gasteiger partial charge in [-0.15, -0.1) is 12.4 Å². The molecular weight excluding hydrogens is 290 g/mol. The lowest BCUT2D eigenvalue weighted by Crippen LogP contribution is -2.42. The summed E-state index contributed by atoms with van der Waals surface area (Å²) in [5.74, 6) is 0.619. The second kappa shape index (κ2) is 5.67. The number of nitrogens with one attached hydrogen (secondary N) is 2. The molecule has 1 amide bonds. The van der Waals surface area contributed by atoms with Crippen LogP contribution in [0.2, 0.25) is 0 Å². The number of anilines is 2. The molecular formula is C14H16ClN5O. The van der Waals surface area contributed by atoms with Crippen molar-refractivity contribution in [3.63, 3.8) is 0 Å². The largest absolute Gasteiger partial charge is 0.341 e. The second-order valence-electron chi connectivity index (χ2n) is 4.97. The van der Waals surface area contributed by atoms with Crippen LogP contribution in [0.1, 0.15) is 22.8 Å². The molecule has 21 heavy (non-hydrogen) atoms. The smallest absolute Gasteiger partial charge is 0.252 e. The summed E-state index contributed by atoms with van der Waals surface area (Å²) in [6.45, 7) is 2.27. The highest BCUT2D eigenvalue weighted by molar-refractivity contribution is 6.00. The molecule has 1 unspecified atom stereocenters. The van der Waals surface area contributed by atoms with Crippen LogP contribution in [0, 0.1) is 0 Å². The number of rotatable bonds is 3. The van der Waals surface area contributed by atoms with Gasteiger partial charge in [-0.3, -0.25) is 4.79 Å². The van der Waals surface area contributed by atoms with Crippen LogP contribution in [0.15, 0.2) is 36.8 Å². The summed E-state index contributed by atoms with van der Waals surface area (Å²) in [5, 5.41) is 6.10. The standard InChI is InChI=1S/C14H15N5O.ClH/c1-14(7-15)11-6-9(2-3-10(11)13(20)19-14)18-12-4-5-16-8-17-12;/h2-6,8H,7,15H2,1H3,(H,19,20)(H,16,17,18);1H. The fourth-order valence-electron chi connectivity index (χ4n) is 2.34. The maximum absolute atomic E-state index is 11.9. The van der Waals surface area contributed by atoms with Gasteiger partial charge in [0.25, 0.3) is 5.91 Å². The summed E-state index contributed by atoms with van der Waals surface area (Å²) in [6, 6.07) is 7.36. The van der Waals surface area contributed by atoms with E-state index in [-0.39, 0.29) is 18.3 Å². The van der Waals surface area contributed by atoms with Crippen molar-refractivity contribution in [2.24, 2.45) is 5.73 Å². The molecule has 1 atom stereocenters. The van der Waals surface area contributed by atoms with Crippen molar-refractivity contribution >= 4 is 29.8 Å². The van der Waals surface area contributed by atoms with E-state index >= 15 is 0 Å². The van der Waals surface area contributed by atoms with E-state index in [4.69, 9.17) is 5.73 Å². The van der Waals surface area contributed by atoms with Gasteiger partial charge in [-0.05, 0) is 36.8 Å². The van der Waals surface area contributed by atoms with E-state index in [1.54, 1.807) is 18.3 Å². The number of nitrogens with two attached hydrogens (primary N) is 1. The second-order valence-corrected chi connectivity index (χ2v) is 4.97. The zero-order valence-corrected chi connectivity index (χ0v) is 12.3. The first-order chi connectivity index (χ1) is 9.62. The lowest BCUT2D eigenvalue weighted by molar-refractivity contribution is 0.0937. The van der Waals surface area contributed by atoms with Gasteiger partial charge in [-0.1, -0.05) is 0 Å². The molecule has 7 heteroatoms. The predicted molar refractivity (Wildman–Crippen MR) is 82.9 cm³/mol. The molecule has 0 saturated carbocycles. The van der Waals surface area contributed by atoms with Gasteiger partial charge in [0.2, 0.25) is 0 Å². The Bertz CT molecular complexity index is 664. The van der Waals surface area contributed by atoms with Crippen molar-refractivity contribution < 1.29 is 4.79 Å². The fraction of sp³-hybridized carbons (Fsp3) is 0.214. The van der Waals surface area contributed by atoms with Gasteiger partial charge in [-0.25, -0.2) is 9.97 Å². The van der Waals surface area contributed by atoms with Crippen LogP contribution < -0.4 is 16.4 Å². The van der Waals surface area contributed by atoms with E-state index in [2.05, 4.69) is 20.6 Å². The van der Waals surface area contributed by atoms with Crippen molar-refractivity contribution in [3.8, 4) is 0 Å². The lowest BCUT2D eigenvalue weighted by Gasteiger charge is -2.23. The summed E-state index contributed by atoms with van der Waals surface area (Å²) in [6.07, 6.45) is 3.14. The highest BCUT2D eigenvalue weighted by Crippen LogP contribution is 2.32. The van der Waals surface area contributed by atoms with Gasteiger partial charge in [0.1, 0.15) is 12.1 Å². The summed E-state index contributed by atoms with van der Waals surface area (Å²) in [7, 11) is 0. The van der Waals surface area contributed by atoms with Crippen molar-refractivity contribution in [3.05, 3.63) is 47.9 Å². The minimum atomic E-state index is -0.518. The zero-order valence-electron chi connectivity index (χ0n) is 11.5. The number of amides is 1. The Morgan fingerprint density at radius 1 is 1.38 bits per heavy atom. The van der Waals surface area contributed by atoms with Gasteiger partial charge in [0.05, 0.1) is 5.54 Å². The molecule has 1 aromatic heterocycles. The quantitative estimate of drug-likeness (QED) is 0.800. The van der Waals surface area contributed by atoms with E-state index in [9.17, 15) is 4.79 Å². The van der Waals surface area contributed by atoms with Crippen molar-refractivity contribution in [2.45, 2.75) is 12.5 Å². The maximum Gasteiger partial charge on any atom is 0.252 e. The van der Waals surface area contributed by atoms with Crippen LogP contribution in [-0.4, -0.2) is 22.4 Å². The topological polar surface area (TPSA) is 92.9 Å². The van der Waals surface area contributed by atoms with Gasteiger partial charge in [-0.2, -0.15) is 0 Å². The van der Waals surface area contributed by atoms with Crippen molar-refractivity contribution in [1.29, 1.82) is 0 Å². The Kier molecular flexibility index (Phi) is 4.11.